The number of nitro groups is 1. The van der Waals surface area contributed by atoms with E-state index in [1.165, 1.54) is 6.92 Å². The van der Waals surface area contributed by atoms with Crippen molar-refractivity contribution in [1.29, 1.82) is 0 Å². The highest BCUT2D eigenvalue weighted by atomic mass is 16.6. The Hall–Kier alpha value is -2.00. The van der Waals surface area contributed by atoms with Gasteiger partial charge in [0.15, 0.2) is 0 Å². The molecule has 0 bridgehead atoms. The predicted octanol–water partition coefficient (Wildman–Crippen LogP) is 1.21. The second-order valence-corrected chi connectivity index (χ2v) is 4.32. The fraction of sp³-hybridized carbons (Fsp3) is 0.636. The Kier molecular flexibility index (Phi) is 6.07. The quantitative estimate of drug-likeness (QED) is 0.369. The molecular formula is C11H20N6O3. The van der Waals surface area contributed by atoms with Gasteiger partial charge in [0, 0.05) is 7.11 Å². The number of aryl methyl sites for hydroxylation is 1. The molecule has 4 N–H and O–H groups in total. The summed E-state index contributed by atoms with van der Waals surface area (Å²) in [7, 11) is 1.58. The number of methoxy groups -OCH3 is 1. The molecule has 0 spiro atoms. The number of aromatic nitrogens is 2. The molecule has 1 aromatic heterocycles. The van der Waals surface area contributed by atoms with Crippen molar-refractivity contribution < 1.29 is 9.66 Å². The van der Waals surface area contributed by atoms with Crippen molar-refractivity contribution >= 4 is 17.5 Å². The molecule has 0 aromatic carbocycles. The Morgan fingerprint density at radius 2 is 2.20 bits per heavy atom. The molecule has 0 aliphatic carbocycles. The summed E-state index contributed by atoms with van der Waals surface area (Å²) in [6, 6.07) is -0.0661. The van der Waals surface area contributed by atoms with Crippen LogP contribution in [-0.4, -0.2) is 34.6 Å². The molecule has 0 saturated carbocycles. The van der Waals surface area contributed by atoms with Crippen molar-refractivity contribution in [2.45, 2.75) is 32.7 Å². The molecule has 0 amide bonds. The van der Waals surface area contributed by atoms with E-state index in [0.29, 0.717) is 6.61 Å². The van der Waals surface area contributed by atoms with E-state index in [-0.39, 0.29) is 29.2 Å². The van der Waals surface area contributed by atoms with Gasteiger partial charge in [-0.3, -0.25) is 15.5 Å². The molecule has 1 heterocycles. The lowest BCUT2D eigenvalue weighted by molar-refractivity contribution is -0.385. The number of nitrogen functional groups attached to an aromatic ring is 1. The van der Waals surface area contributed by atoms with Crippen LogP contribution in [0, 0.1) is 17.0 Å². The minimum Gasteiger partial charge on any atom is -0.383 e. The van der Waals surface area contributed by atoms with Crippen LogP contribution in [0.15, 0.2) is 0 Å². The van der Waals surface area contributed by atoms with Crippen molar-refractivity contribution in [1.82, 2.24) is 9.97 Å². The van der Waals surface area contributed by atoms with E-state index in [1.807, 2.05) is 6.92 Å². The Bertz CT molecular complexity index is 462. The number of ether oxygens (including phenoxy) is 1. The van der Waals surface area contributed by atoms with Crippen LogP contribution in [0.2, 0.25) is 0 Å². The van der Waals surface area contributed by atoms with Gasteiger partial charge >= 0.3 is 5.69 Å². The highest BCUT2D eigenvalue weighted by molar-refractivity contribution is 5.61. The van der Waals surface area contributed by atoms with Gasteiger partial charge in [0.2, 0.25) is 11.8 Å². The van der Waals surface area contributed by atoms with E-state index in [1.54, 1.807) is 7.11 Å². The van der Waals surface area contributed by atoms with Gasteiger partial charge in [-0.25, -0.2) is 10.8 Å². The van der Waals surface area contributed by atoms with Gasteiger partial charge in [0.25, 0.3) is 0 Å². The number of nitrogens with two attached hydrogens (primary N) is 1. The lowest BCUT2D eigenvalue weighted by atomic mass is 10.2. The Morgan fingerprint density at radius 1 is 1.50 bits per heavy atom. The standard InChI is InChI=1S/C11H20N6O3/c1-4-5-8(6-20-3)14-10-9(17(18)19)7(2)13-11(15-10)16-12/h8H,4-6,12H2,1-3H3,(H2,13,14,15,16). The fourth-order valence-electron chi connectivity index (χ4n) is 1.89. The smallest absolute Gasteiger partial charge is 0.332 e. The second kappa shape index (κ2) is 7.56. The van der Waals surface area contributed by atoms with E-state index < -0.39 is 4.92 Å². The average molecular weight is 284 g/mol. The molecule has 0 aliphatic heterocycles. The lowest BCUT2D eigenvalue weighted by Crippen LogP contribution is -2.26. The number of nitrogens with zero attached hydrogens (tertiary/aromatic N) is 3. The summed E-state index contributed by atoms with van der Waals surface area (Å²) in [5, 5.41) is 14.2. The van der Waals surface area contributed by atoms with Crippen molar-refractivity contribution in [3.8, 4) is 0 Å². The zero-order valence-electron chi connectivity index (χ0n) is 11.8. The van der Waals surface area contributed by atoms with Crippen LogP contribution in [-0.2, 0) is 4.74 Å². The molecule has 0 aliphatic rings. The fourth-order valence-corrected chi connectivity index (χ4v) is 1.89. The zero-order chi connectivity index (χ0) is 15.1. The number of nitrogens with one attached hydrogen (secondary N) is 2. The molecule has 9 heteroatoms. The molecule has 1 unspecified atom stereocenters. The first-order chi connectivity index (χ1) is 9.53. The Morgan fingerprint density at radius 3 is 2.70 bits per heavy atom. The first kappa shape index (κ1) is 16.1. The predicted molar refractivity (Wildman–Crippen MR) is 75.4 cm³/mol. The van der Waals surface area contributed by atoms with Gasteiger partial charge < -0.3 is 10.1 Å². The van der Waals surface area contributed by atoms with Gasteiger partial charge in [-0.05, 0) is 13.3 Å². The zero-order valence-corrected chi connectivity index (χ0v) is 11.8. The molecule has 112 valence electrons. The summed E-state index contributed by atoms with van der Waals surface area (Å²) in [6.07, 6.45) is 1.72. The largest absolute Gasteiger partial charge is 0.383 e. The van der Waals surface area contributed by atoms with Crippen molar-refractivity contribution in [3.63, 3.8) is 0 Å². The monoisotopic (exact) mass is 284 g/mol. The SMILES string of the molecule is CCCC(COC)Nc1nc(NN)nc(C)c1[N+](=O)[O-]. The molecule has 20 heavy (non-hydrogen) atoms. The first-order valence-corrected chi connectivity index (χ1v) is 6.28. The minimum atomic E-state index is -0.506. The maximum absolute atomic E-state index is 11.1. The summed E-state index contributed by atoms with van der Waals surface area (Å²) in [6.45, 7) is 3.99. The third kappa shape index (κ3) is 4.00. The van der Waals surface area contributed by atoms with Crippen molar-refractivity contribution in [2.75, 3.05) is 24.5 Å². The highest BCUT2D eigenvalue weighted by Crippen LogP contribution is 2.27. The van der Waals surface area contributed by atoms with E-state index in [4.69, 9.17) is 10.6 Å². The summed E-state index contributed by atoms with van der Waals surface area (Å²) in [5.74, 6) is 5.54. The Labute approximate surface area is 117 Å². The molecule has 1 atom stereocenters. The molecule has 1 aromatic rings. The van der Waals surface area contributed by atoms with Crippen LogP contribution in [0.4, 0.5) is 17.5 Å². The van der Waals surface area contributed by atoms with Gasteiger partial charge in [-0.2, -0.15) is 4.98 Å². The van der Waals surface area contributed by atoms with Gasteiger partial charge in [0.1, 0.15) is 5.69 Å². The molecule has 9 nitrogen and oxygen atoms in total. The summed E-state index contributed by atoms with van der Waals surface area (Å²) in [5.41, 5.74) is 2.39. The third-order valence-corrected chi connectivity index (χ3v) is 2.72. The van der Waals surface area contributed by atoms with Crippen molar-refractivity contribution in [3.05, 3.63) is 15.8 Å². The van der Waals surface area contributed by atoms with Crippen molar-refractivity contribution in [2.24, 2.45) is 5.84 Å². The molecular weight excluding hydrogens is 264 g/mol. The van der Waals surface area contributed by atoms with Crippen LogP contribution >= 0.6 is 0 Å². The van der Waals surface area contributed by atoms with Gasteiger partial charge in [0.05, 0.1) is 17.6 Å². The Balaban J connectivity index is 3.12. The minimum absolute atomic E-state index is 0.0661. The molecule has 1 rings (SSSR count). The summed E-state index contributed by atoms with van der Waals surface area (Å²) < 4.78 is 5.10. The second-order valence-electron chi connectivity index (χ2n) is 4.32. The van der Waals surface area contributed by atoms with E-state index in [9.17, 15) is 10.1 Å². The van der Waals surface area contributed by atoms with Crippen LogP contribution in [0.3, 0.4) is 0 Å². The average Bonchev–Trinajstić information content (AvgIpc) is 2.38. The lowest BCUT2D eigenvalue weighted by Gasteiger charge is -2.18. The van der Waals surface area contributed by atoms with Crippen LogP contribution in [0.1, 0.15) is 25.5 Å². The van der Waals surface area contributed by atoms with Crippen LogP contribution < -0.4 is 16.6 Å². The first-order valence-electron chi connectivity index (χ1n) is 6.28. The number of hydrazine groups is 1. The summed E-state index contributed by atoms with van der Waals surface area (Å²) in [4.78, 5) is 18.6. The molecule has 0 saturated heterocycles. The van der Waals surface area contributed by atoms with E-state index in [2.05, 4.69) is 20.7 Å². The van der Waals surface area contributed by atoms with Gasteiger partial charge in [-0.15, -0.1) is 0 Å². The number of rotatable bonds is 8. The summed E-state index contributed by atoms with van der Waals surface area (Å²) >= 11 is 0. The maximum atomic E-state index is 11.1. The van der Waals surface area contributed by atoms with E-state index >= 15 is 0 Å². The van der Waals surface area contributed by atoms with Crippen LogP contribution in [0.25, 0.3) is 0 Å². The van der Waals surface area contributed by atoms with Crippen LogP contribution in [0.5, 0.6) is 0 Å². The van der Waals surface area contributed by atoms with E-state index in [0.717, 1.165) is 12.8 Å². The maximum Gasteiger partial charge on any atom is 0.332 e. The number of hydrogen-bond donors (Lipinski definition) is 3. The third-order valence-electron chi connectivity index (χ3n) is 2.72. The molecule has 0 fully saturated rings. The number of hydrogen-bond acceptors (Lipinski definition) is 8. The highest BCUT2D eigenvalue weighted by Gasteiger charge is 2.23. The number of anilines is 2. The van der Waals surface area contributed by atoms with Gasteiger partial charge in [-0.1, -0.05) is 13.3 Å². The normalized spacial score (nSPS) is 12.0. The molecule has 0 radical (unpaired) electrons. The topological polar surface area (TPSA) is 128 Å².